The van der Waals surface area contributed by atoms with Gasteiger partial charge in [0.2, 0.25) is 0 Å². The van der Waals surface area contributed by atoms with Crippen LogP contribution in [0.1, 0.15) is 42.0 Å². The van der Waals surface area contributed by atoms with Crippen LogP contribution < -0.4 is 0 Å². The van der Waals surface area contributed by atoms with Crippen molar-refractivity contribution in [3.05, 3.63) is 82.7 Å². The van der Waals surface area contributed by atoms with Crippen LogP contribution in [0.15, 0.2) is 54.6 Å². The molecule has 0 bridgehead atoms. The molecule has 3 aromatic carbocycles. The van der Waals surface area contributed by atoms with Crippen molar-refractivity contribution in [2.24, 2.45) is 0 Å². The first-order valence-electron chi connectivity index (χ1n) is 9.65. The zero-order valence-corrected chi connectivity index (χ0v) is 15.6. The van der Waals surface area contributed by atoms with Gasteiger partial charge in [-0.1, -0.05) is 55.8 Å². The van der Waals surface area contributed by atoms with Gasteiger partial charge in [-0.15, -0.1) is 0 Å². The molecule has 134 valence electrons. The molecule has 0 atom stereocenters. The molecule has 0 fully saturated rings. The number of rotatable bonds is 4. The Labute approximate surface area is 160 Å². The van der Waals surface area contributed by atoms with E-state index < -0.39 is 0 Å². The van der Waals surface area contributed by atoms with E-state index in [1.807, 2.05) is 30.3 Å². The molecule has 0 saturated heterocycles. The van der Waals surface area contributed by atoms with Crippen molar-refractivity contribution in [2.45, 2.75) is 39.0 Å². The van der Waals surface area contributed by atoms with Crippen LogP contribution in [0.5, 0.6) is 0 Å². The molecular weight excluding hydrogens is 333 g/mol. The summed E-state index contributed by atoms with van der Waals surface area (Å²) in [6.07, 6.45) is 4.55. The van der Waals surface area contributed by atoms with Crippen molar-refractivity contribution in [3.63, 3.8) is 0 Å². The summed E-state index contributed by atoms with van der Waals surface area (Å²) in [7, 11) is 0. The van der Waals surface area contributed by atoms with Gasteiger partial charge in [0, 0.05) is 0 Å². The number of nitriles is 1. The normalized spacial score (nSPS) is 12.2. The topological polar surface area (TPSA) is 23.8 Å². The highest BCUT2D eigenvalue weighted by Gasteiger charge is 2.21. The third-order valence-corrected chi connectivity index (χ3v) is 5.51. The van der Waals surface area contributed by atoms with Crippen molar-refractivity contribution >= 4 is 0 Å². The predicted octanol–water partition coefficient (Wildman–Crippen LogP) is 6.47. The lowest BCUT2D eigenvalue weighted by atomic mass is 9.82. The van der Waals surface area contributed by atoms with E-state index in [1.54, 1.807) is 0 Å². The molecule has 0 heterocycles. The molecule has 0 saturated carbocycles. The molecule has 1 nitrogen and oxygen atoms in total. The summed E-state index contributed by atoms with van der Waals surface area (Å²) in [6, 6.07) is 20.3. The van der Waals surface area contributed by atoms with Gasteiger partial charge in [-0.05, 0) is 76.8 Å². The van der Waals surface area contributed by atoms with E-state index in [0.29, 0.717) is 5.56 Å². The maximum Gasteiger partial charge on any atom is 0.130 e. The number of benzene rings is 3. The molecule has 2 heteroatoms. The fourth-order valence-electron chi connectivity index (χ4n) is 3.97. The monoisotopic (exact) mass is 355 g/mol. The highest BCUT2D eigenvalue weighted by Crippen LogP contribution is 2.38. The molecule has 3 aromatic rings. The van der Waals surface area contributed by atoms with Crippen molar-refractivity contribution in [1.82, 2.24) is 0 Å². The zero-order valence-electron chi connectivity index (χ0n) is 15.6. The number of hydrogen-bond acceptors (Lipinski definition) is 1. The molecule has 0 aromatic heterocycles. The lowest BCUT2D eigenvalue weighted by Crippen LogP contribution is -2.08. The number of aryl methyl sites for hydroxylation is 2. The molecule has 0 amide bonds. The molecule has 0 N–H and O–H groups in total. The lowest BCUT2D eigenvalue weighted by molar-refractivity contribution is 0.585. The Bertz CT molecular complexity index is 1030. The molecule has 0 unspecified atom stereocenters. The minimum absolute atomic E-state index is 0.00256. The summed E-state index contributed by atoms with van der Waals surface area (Å²) in [5.41, 5.74) is 8.10. The smallest absolute Gasteiger partial charge is 0.130 e. The quantitative estimate of drug-likeness (QED) is 0.526. The fraction of sp³-hybridized carbons (Fsp3) is 0.240. The van der Waals surface area contributed by atoms with E-state index in [4.69, 9.17) is 5.26 Å². The highest BCUT2D eigenvalue weighted by molar-refractivity contribution is 5.77. The van der Waals surface area contributed by atoms with E-state index in [1.165, 1.54) is 5.56 Å². The number of halogens is 1. The van der Waals surface area contributed by atoms with Gasteiger partial charge in [0.05, 0.1) is 11.6 Å². The van der Waals surface area contributed by atoms with Gasteiger partial charge in [-0.3, -0.25) is 0 Å². The van der Waals surface area contributed by atoms with E-state index in [9.17, 15) is 4.39 Å². The molecule has 1 aliphatic rings. The van der Waals surface area contributed by atoms with Crippen LogP contribution in [0.4, 0.5) is 4.39 Å². The second kappa shape index (κ2) is 7.37. The van der Waals surface area contributed by atoms with Crippen molar-refractivity contribution in [1.29, 1.82) is 5.26 Å². The summed E-state index contributed by atoms with van der Waals surface area (Å²) in [6.45, 7) is 2.14. The molecule has 1 aliphatic carbocycles. The molecule has 0 radical (unpaired) electrons. The number of unbranched alkanes of at least 4 members (excludes halogenated alkanes) is 1. The van der Waals surface area contributed by atoms with Crippen LogP contribution in [-0.2, 0) is 19.3 Å². The Hall–Kier alpha value is -2.92. The van der Waals surface area contributed by atoms with Crippen LogP contribution in [0.2, 0.25) is 0 Å². The summed E-state index contributed by atoms with van der Waals surface area (Å²) >= 11 is 0. The second-order valence-corrected chi connectivity index (χ2v) is 7.23. The van der Waals surface area contributed by atoms with Gasteiger partial charge in [0.15, 0.2) is 0 Å². The lowest BCUT2D eigenvalue weighted by Gasteiger charge is -2.22. The van der Waals surface area contributed by atoms with Crippen molar-refractivity contribution in [2.75, 3.05) is 0 Å². The maximum atomic E-state index is 15.0. The Morgan fingerprint density at radius 3 is 2.41 bits per heavy atom. The minimum Gasteiger partial charge on any atom is -0.206 e. The Morgan fingerprint density at radius 2 is 1.67 bits per heavy atom. The number of hydrogen-bond donors (Lipinski definition) is 0. The van der Waals surface area contributed by atoms with Gasteiger partial charge in [-0.2, -0.15) is 5.26 Å². The molecule has 0 aliphatic heterocycles. The second-order valence-electron chi connectivity index (χ2n) is 7.23. The number of fused-ring (bicyclic) bond motifs is 3. The maximum absolute atomic E-state index is 15.0. The SMILES string of the molecule is CCCCc1ccc2c(c1F)CCc1cc(-c3ccc(C#N)cc3)ccc1-2. The molecule has 27 heavy (non-hydrogen) atoms. The summed E-state index contributed by atoms with van der Waals surface area (Å²) in [4.78, 5) is 0. The standard InChI is InChI=1S/C25H22FN/c1-2-3-4-19-9-13-23-22-12-10-20(18-7-5-17(16-27)6-8-18)15-21(22)11-14-24(23)25(19)26/h5-10,12-13,15H,2-4,11,14H2,1H3. The third kappa shape index (κ3) is 3.26. The van der Waals surface area contributed by atoms with Crippen LogP contribution in [0.3, 0.4) is 0 Å². The molecule has 0 spiro atoms. The molecule has 4 rings (SSSR count). The average Bonchev–Trinajstić information content (AvgIpc) is 2.72. The van der Waals surface area contributed by atoms with Gasteiger partial charge < -0.3 is 0 Å². The van der Waals surface area contributed by atoms with E-state index >= 15 is 0 Å². The Kier molecular flexibility index (Phi) is 4.77. The molecular formula is C25H22FN. The van der Waals surface area contributed by atoms with Crippen LogP contribution in [0, 0.1) is 17.1 Å². The van der Waals surface area contributed by atoms with Gasteiger partial charge in [-0.25, -0.2) is 4.39 Å². The largest absolute Gasteiger partial charge is 0.206 e. The Morgan fingerprint density at radius 1 is 0.926 bits per heavy atom. The number of nitrogens with zero attached hydrogens (tertiary/aromatic N) is 1. The van der Waals surface area contributed by atoms with Gasteiger partial charge in [0.25, 0.3) is 0 Å². The van der Waals surface area contributed by atoms with Gasteiger partial charge >= 0.3 is 0 Å². The minimum atomic E-state index is 0.00256. The van der Waals surface area contributed by atoms with E-state index in [2.05, 4.69) is 37.3 Å². The summed E-state index contributed by atoms with van der Waals surface area (Å²) < 4.78 is 15.0. The van der Waals surface area contributed by atoms with Crippen molar-refractivity contribution in [3.8, 4) is 28.3 Å². The zero-order chi connectivity index (χ0) is 18.8. The summed E-state index contributed by atoms with van der Waals surface area (Å²) in [5.74, 6) is 0.00256. The first kappa shape index (κ1) is 17.5. The Balaban J connectivity index is 1.71. The van der Waals surface area contributed by atoms with Crippen molar-refractivity contribution < 1.29 is 4.39 Å². The average molecular weight is 355 g/mol. The van der Waals surface area contributed by atoms with Crippen LogP contribution in [-0.4, -0.2) is 0 Å². The highest BCUT2D eigenvalue weighted by atomic mass is 19.1. The van der Waals surface area contributed by atoms with E-state index in [-0.39, 0.29) is 5.82 Å². The van der Waals surface area contributed by atoms with Crippen LogP contribution in [0.25, 0.3) is 22.3 Å². The summed E-state index contributed by atoms with van der Waals surface area (Å²) in [5, 5.41) is 8.96. The van der Waals surface area contributed by atoms with Gasteiger partial charge in [0.1, 0.15) is 5.82 Å². The predicted molar refractivity (Wildman–Crippen MR) is 108 cm³/mol. The van der Waals surface area contributed by atoms with Crippen LogP contribution >= 0.6 is 0 Å². The first-order valence-corrected chi connectivity index (χ1v) is 9.65. The first-order chi connectivity index (χ1) is 13.2. The fourth-order valence-corrected chi connectivity index (χ4v) is 3.97. The van der Waals surface area contributed by atoms with E-state index in [0.717, 1.165) is 65.5 Å². The third-order valence-electron chi connectivity index (χ3n) is 5.51.